The van der Waals surface area contributed by atoms with Crippen LogP contribution in [0, 0.1) is 5.92 Å². The molecule has 1 rings (SSSR count). The predicted octanol–water partition coefficient (Wildman–Crippen LogP) is 3.55. The van der Waals surface area contributed by atoms with Crippen LogP contribution < -0.4 is 4.72 Å². The molecule has 0 aromatic heterocycles. The highest BCUT2D eigenvalue weighted by molar-refractivity contribution is 8.12. The summed E-state index contributed by atoms with van der Waals surface area (Å²) in [6.07, 6.45) is 12.0. The minimum atomic E-state index is -0.241. The SMILES string of the molecule is C=CC=CC(=CC)C(=O)NSC(=O)C1CCCCC1. The summed E-state index contributed by atoms with van der Waals surface area (Å²) in [4.78, 5) is 23.8. The van der Waals surface area contributed by atoms with Crippen molar-refractivity contribution >= 4 is 23.0 Å². The molecule has 19 heavy (non-hydrogen) atoms. The number of rotatable bonds is 4. The van der Waals surface area contributed by atoms with Crippen LogP contribution in [-0.4, -0.2) is 11.0 Å². The molecule has 1 amide bonds. The third kappa shape index (κ3) is 5.47. The van der Waals surface area contributed by atoms with Gasteiger partial charge in [-0.2, -0.15) is 0 Å². The number of allylic oxidation sites excluding steroid dienone is 3. The number of carbonyl (C=O) groups excluding carboxylic acids is 2. The Bertz CT molecular complexity index is 393. The van der Waals surface area contributed by atoms with E-state index in [-0.39, 0.29) is 16.9 Å². The number of nitrogens with one attached hydrogen (secondary N) is 1. The molecular formula is C15H21NO2S. The van der Waals surface area contributed by atoms with Crippen LogP contribution in [0.4, 0.5) is 0 Å². The summed E-state index contributed by atoms with van der Waals surface area (Å²) in [6, 6.07) is 0. The zero-order valence-corrected chi connectivity index (χ0v) is 12.2. The van der Waals surface area contributed by atoms with Crippen molar-refractivity contribution < 1.29 is 9.59 Å². The van der Waals surface area contributed by atoms with Crippen molar-refractivity contribution in [2.75, 3.05) is 0 Å². The summed E-state index contributed by atoms with van der Waals surface area (Å²) in [5.41, 5.74) is 0.531. The molecule has 1 fully saturated rings. The van der Waals surface area contributed by atoms with Crippen molar-refractivity contribution in [3.05, 3.63) is 36.5 Å². The normalized spacial score (nSPS) is 17.4. The lowest BCUT2D eigenvalue weighted by molar-refractivity contribution is -0.117. The maximum Gasteiger partial charge on any atom is 0.261 e. The van der Waals surface area contributed by atoms with Gasteiger partial charge in [-0.05, 0) is 25.8 Å². The molecule has 3 nitrogen and oxygen atoms in total. The fraction of sp³-hybridized carbons (Fsp3) is 0.467. The van der Waals surface area contributed by atoms with Gasteiger partial charge >= 0.3 is 0 Å². The Kier molecular flexibility index (Phi) is 7.26. The van der Waals surface area contributed by atoms with Gasteiger partial charge in [-0.3, -0.25) is 14.3 Å². The molecule has 1 N–H and O–H groups in total. The van der Waals surface area contributed by atoms with Crippen molar-refractivity contribution in [1.29, 1.82) is 0 Å². The van der Waals surface area contributed by atoms with E-state index < -0.39 is 0 Å². The van der Waals surface area contributed by atoms with Gasteiger partial charge in [0.2, 0.25) is 5.12 Å². The molecule has 0 bridgehead atoms. The smallest absolute Gasteiger partial charge is 0.261 e. The summed E-state index contributed by atoms with van der Waals surface area (Å²) in [5, 5.41) is 0.0798. The van der Waals surface area contributed by atoms with Crippen LogP contribution in [-0.2, 0) is 9.59 Å². The molecule has 0 aromatic rings. The standard InChI is InChI=1S/C15H21NO2S/c1-3-5-9-12(4-2)14(17)16-19-15(18)13-10-7-6-8-11-13/h3-5,9,13H,1,6-8,10-11H2,2H3,(H,16,17). The van der Waals surface area contributed by atoms with Crippen LogP contribution in [0.25, 0.3) is 0 Å². The fourth-order valence-corrected chi connectivity index (χ4v) is 2.77. The quantitative estimate of drug-likeness (QED) is 0.486. The van der Waals surface area contributed by atoms with Gasteiger partial charge in [0.25, 0.3) is 5.91 Å². The van der Waals surface area contributed by atoms with E-state index in [0.717, 1.165) is 37.6 Å². The van der Waals surface area contributed by atoms with Crippen LogP contribution in [0.15, 0.2) is 36.5 Å². The second kappa shape index (κ2) is 8.75. The second-order valence-electron chi connectivity index (χ2n) is 4.53. The molecule has 0 saturated heterocycles. The van der Waals surface area contributed by atoms with E-state index in [0.29, 0.717) is 5.57 Å². The maximum atomic E-state index is 11.9. The van der Waals surface area contributed by atoms with Crippen LogP contribution in [0.2, 0.25) is 0 Å². The van der Waals surface area contributed by atoms with Crippen molar-refractivity contribution in [2.45, 2.75) is 39.0 Å². The zero-order chi connectivity index (χ0) is 14.1. The third-order valence-corrected chi connectivity index (χ3v) is 3.99. The Morgan fingerprint density at radius 2 is 1.95 bits per heavy atom. The Balaban J connectivity index is 2.42. The van der Waals surface area contributed by atoms with E-state index in [9.17, 15) is 9.59 Å². The summed E-state index contributed by atoms with van der Waals surface area (Å²) >= 11 is 0.929. The lowest BCUT2D eigenvalue weighted by atomic mass is 9.90. The number of amides is 1. The van der Waals surface area contributed by atoms with Gasteiger partial charge < -0.3 is 0 Å². The lowest BCUT2D eigenvalue weighted by Gasteiger charge is -2.19. The lowest BCUT2D eigenvalue weighted by Crippen LogP contribution is -2.23. The minimum Gasteiger partial charge on any atom is -0.289 e. The molecule has 0 spiro atoms. The van der Waals surface area contributed by atoms with Gasteiger partial charge in [0.05, 0.1) is 0 Å². The molecule has 0 aromatic carbocycles. The van der Waals surface area contributed by atoms with Crippen molar-refractivity contribution in [1.82, 2.24) is 4.72 Å². The van der Waals surface area contributed by atoms with Gasteiger partial charge in [-0.1, -0.05) is 44.1 Å². The zero-order valence-electron chi connectivity index (χ0n) is 11.4. The highest BCUT2D eigenvalue weighted by Crippen LogP contribution is 2.27. The van der Waals surface area contributed by atoms with E-state index >= 15 is 0 Å². The Labute approximate surface area is 119 Å². The van der Waals surface area contributed by atoms with Gasteiger partial charge in [0, 0.05) is 23.4 Å². The van der Waals surface area contributed by atoms with E-state index in [1.807, 2.05) is 0 Å². The van der Waals surface area contributed by atoms with Crippen LogP contribution >= 0.6 is 11.9 Å². The van der Waals surface area contributed by atoms with Crippen molar-refractivity contribution in [3.63, 3.8) is 0 Å². The van der Waals surface area contributed by atoms with Gasteiger partial charge in [0.15, 0.2) is 0 Å². The molecule has 1 aliphatic carbocycles. The summed E-state index contributed by atoms with van der Waals surface area (Å²) in [7, 11) is 0. The number of hydrogen-bond acceptors (Lipinski definition) is 3. The highest BCUT2D eigenvalue weighted by Gasteiger charge is 2.22. The van der Waals surface area contributed by atoms with Gasteiger partial charge in [0.1, 0.15) is 0 Å². The van der Waals surface area contributed by atoms with Gasteiger partial charge in [-0.15, -0.1) is 0 Å². The summed E-state index contributed by atoms with van der Waals surface area (Å²) in [6.45, 7) is 5.34. The average Bonchev–Trinajstić information content (AvgIpc) is 2.46. The first-order valence-corrected chi connectivity index (χ1v) is 7.47. The molecule has 4 heteroatoms. The summed E-state index contributed by atoms with van der Waals surface area (Å²) < 4.78 is 2.61. The third-order valence-electron chi connectivity index (χ3n) is 3.17. The second-order valence-corrected chi connectivity index (χ2v) is 5.34. The Morgan fingerprint density at radius 1 is 1.26 bits per heavy atom. The first-order chi connectivity index (χ1) is 9.19. The highest BCUT2D eigenvalue weighted by atomic mass is 32.2. The first kappa shape index (κ1) is 15.8. The summed E-state index contributed by atoms with van der Waals surface area (Å²) in [5.74, 6) is -0.133. The monoisotopic (exact) mass is 279 g/mol. The topological polar surface area (TPSA) is 46.2 Å². The van der Waals surface area contributed by atoms with Crippen molar-refractivity contribution in [2.24, 2.45) is 5.92 Å². The molecule has 0 radical (unpaired) electrons. The van der Waals surface area contributed by atoms with Gasteiger partial charge in [-0.25, -0.2) is 0 Å². The van der Waals surface area contributed by atoms with Crippen LogP contribution in [0.5, 0.6) is 0 Å². The molecule has 0 atom stereocenters. The minimum absolute atomic E-state index is 0.0798. The maximum absolute atomic E-state index is 11.9. The van der Waals surface area contributed by atoms with E-state index in [4.69, 9.17) is 0 Å². The molecule has 0 unspecified atom stereocenters. The Morgan fingerprint density at radius 3 is 2.53 bits per heavy atom. The molecule has 1 saturated carbocycles. The van der Waals surface area contributed by atoms with E-state index in [1.54, 1.807) is 31.2 Å². The molecule has 104 valence electrons. The van der Waals surface area contributed by atoms with Crippen molar-refractivity contribution in [3.8, 4) is 0 Å². The average molecular weight is 279 g/mol. The Hall–Kier alpha value is -1.29. The predicted molar refractivity (Wildman–Crippen MR) is 80.4 cm³/mol. The van der Waals surface area contributed by atoms with Crippen LogP contribution in [0.3, 0.4) is 0 Å². The molecular weight excluding hydrogens is 258 g/mol. The van der Waals surface area contributed by atoms with E-state index in [2.05, 4.69) is 11.3 Å². The largest absolute Gasteiger partial charge is 0.289 e. The molecule has 0 aliphatic heterocycles. The van der Waals surface area contributed by atoms with Crippen LogP contribution in [0.1, 0.15) is 39.0 Å². The first-order valence-electron chi connectivity index (χ1n) is 6.65. The molecule has 0 heterocycles. The number of hydrogen-bond donors (Lipinski definition) is 1. The number of carbonyl (C=O) groups is 2. The van der Waals surface area contributed by atoms with E-state index in [1.165, 1.54) is 6.42 Å². The fourth-order valence-electron chi connectivity index (χ4n) is 2.05. The molecule has 1 aliphatic rings.